The minimum Gasteiger partial charge on any atom is -0.481 e. The number of ether oxygens (including phenoxy) is 1. The maximum Gasteiger partial charge on any atom is 0.274 e. The predicted molar refractivity (Wildman–Crippen MR) is 127 cm³/mol. The SMILES string of the molecule is COc1ccc(-c2sc(C)nc2C(=O)N(CCc2c[nH]c3cc(F)ccc23)CC2CC2)cn1. The molecule has 33 heavy (non-hydrogen) atoms. The van der Waals surface area contributed by atoms with Gasteiger partial charge in [0.15, 0.2) is 0 Å². The molecule has 0 bridgehead atoms. The molecule has 0 spiro atoms. The van der Waals surface area contributed by atoms with Crippen LogP contribution < -0.4 is 4.74 Å². The summed E-state index contributed by atoms with van der Waals surface area (Å²) in [5, 5.41) is 1.83. The zero-order chi connectivity index (χ0) is 22.9. The standard InChI is InChI=1S/C25H25FN4O2S/c1-15-29-23(24(33-15)18-5-8-22(32-2)28-13-18)25(31)30(14-16-3-4-16)10-9-17-12-27-21-11-19(26)6-7-20(17)21/h5-8,11-13,16,27H,3-4,9-10,14H2,1-2H3. The quantitative estimate of drug-likeness (QED) is 0.387. The third kappa shape index (κ3) is 4.61. The minimum absolute atomic E-state index is 0.0528. The molecule has 1 fully saturated rings. The second-order valence-corrected chi connectivity index (χ2v) is 9.65. The van der Waals surface area contributed by atoms with Gasteiger partial charge >= 0.3 is 0 Å². The first-order valence-electron chi connectivity index (χ1n) is 11.0. The van der Waals surface area contributed by atoms with Crippen molar-refractivity contribution in [1.82, 2.24) is 19.9 Å². The summed E-state index contributed by atoms with van der Waals surface area (Å²) < 4.78 is 18.7. The topological polar surface area (TPSA) is 71.1 Å². The molecule has 1 aliphatic rings. The number of fused-ring (bicyclic) bond motifs is 1. The largest absolute Gasteiger partial charge is 0.481 e. The van der Waals surface area contributed by atoms with Gasteiger partial charge in [0.1, 0.15) is 11.5 Å². The van der Waals surface area contributed by atoms with Gasteiger partial charge in [0.05, 0.1) is 17.0 Å². The van der Waals surface area contributed by atoms with E-state index in [0.717, 1.165) is 51.3 Å². The summed E-state index contributed by atoms with van der Waals surface area (Å²) in [4.78, 5) is 28.5. The summed E-state index contributed by atoms with van der Waals surface area (Å²) in [7, 11) is 1.58. The van der Waals surface area contributed by atoms with Crippen LogP contribution in [0.15, 0.2) is 42.7 Å². The number of H-pyrrole nitrogens is 1. The molecule has 170 valence electrons. The lowest BCUT2D eigenvalue weighted by Gasteiger charge is -2.22. The Morgan fingerprint density at radius 3 is 2.88 bits per heavy atom. The van der Waals surface area contributed by atoms with E-state index >= 15 is 0 Å². The highest BCUT2D eigenvalue weighted by Gasteiger charge is 2.30. The van der Waals surface area contributed by atoms with Gasteiger partial charge in [0.25, 0.3) is 5.91 Å². The molecule has 5 rings (SSSR count). The van der Waals surface area contributed by atoms with Crippen molar-refractivity contribution in [3.05, 3.63) is 64.8 Å². The molecule has 8 heteroatoms. The second kappa shape index (κ2) is 8.94. The van der Waals surface area contributed by atoms with Crippen LogP contribution in [0.25, 0.3) is 21.3 Å². The molecular weight excluding hydrogens is 439 g/mol. The van der Waals surface area contributed by atoms with Crippen molar-refractivity contribution in [1.29, 1.82) is 0 Å². The lowest BCUT2D eigenvalue weighted by atomic mass is 10.1. The Hall–Kier alpha value is -3.26. The summed E-state index contributed by atoms with van der Waals surface area (Å²) in [5.74, 6) is 0.766. The number of thiazole rings is 1. The van der Waals surface area contributed by atoms with Gasteiger partial charge < -0.3 is 14.6 Å². The number of aryl methyl sites for hydroxylation is 1. The Bertz CT molecular complexity index is 1290. The highest BCUT2D eigenvalue weighted by Crippen LogP contribution is 2.34. The zero-order valence-electron chi connectivity index (χ0n) is 18.6. The number of carbonyl (C=O) groups is 1. The van der Waals surface area contributed by atoms with E-state index < -0.39 is 0 Å². The molecule has 1 aliphatic carbocycles. The third-order valence-corrected chi connectivity index (χ3v) is 7.01. The first kappa shape index (κ1) is 21.6. The Morgan fingerprint density at radius 2 is 2.15 bits per heavy atom. The number of rotatable bonds is 8. The summed E-state index contributed by atoms with van der Waals surface area (Å²) in [6.45, 7) is 3.22. The molecule has 1 amide bonds. The van der Waals surface area contributed by atoms with E-state index in [1.54, 1.807) is 25.4 Å². The van der Waals surface area contributed by atoms with Crippen LogP contribution in [-0.4, -0.2) is 46.0 Å². The fourth-order valence-corrected chi connectivity index (χ4v) is 4.96. The zero-order valence-corrected chi connectivity index (χ0v) is 19.4. The van der Waals surface area contributed by atoms with Gasteiger partial charge in [0.2, 0.25) is 5.88 Å². The number of nitrogens with one attached hydrogen (secondary N) is 1. The van der Waals surface area contributed by atoms with Crippen LogP contribution in [0.3, 0.4) is 0 Å². The lowest BCUT2D eigenvalue weighted by Crippen LogP contribution is -2.35. The molecule has 1 saturated carbocycles. The van der Waals surface area contributed by atoms with Crippen LogP contribution in [0.5, 0.6) is 5.88 Å². The molecule has 4 aromatic rings. The van der Waals surface area contributed by atoms with Crippen LogP contribution in [0, 0.1) is 18.7 Å². The Balaban J connectivity index is 1.40. The molecule has 3 aromatic heterocycles. The number of carbonyl (C=O) groups excluding carboxylic acids is 1. The fourth-order valence-electron chi connectivity index (χ4n) is 4.06. The molecule has 0 unspecified atom stereocenters. The molecule has 0 atom stereocenters. The van der Waals surface area contributed by atoms with Crippen molar-refractivity contribution in [2.75, 3.05) is 20.2 Å². The van der Waals surface area contributed by atoms with Gasteiger partial charge in [-0.2, -0.15) is 0 Å². The molecule has 0 radical (unpaired) electrons. The summed E-state index contributed by atoms with van der Waals surface area (Å²) in [5.41, 5.74) is 3.18. The molecule has 6 nitrogen and oxygen atoms in total. The molecular formula is C25H25FN4O2S. The van der Waals surface area contributed by atoms with Crippen LogP contribution in [0.4, 0.5) is 4.39 Å². The second-order valence-electron chi connectivity index (χ2n) is 8.45. The number of benzene rings is 1. The Morgan fingerprint density at radius 1 is 1.30 bits per heavy atom. The van der Waals surface area contributed by atoms with Crippen LogP contribution >= 0.6 is 11.3 Å². The van der Waals surface area contributed by atoms with Crippen molar-refractivity contribution < 1.29 is 13.9 Å². The first-order chi connectivity index (χ1) is 16.0. The summed E-state index contributed by atoms with van der Waals surface area (Å²) in [6, 6.07) is 8.47. The molecule has 1 aromatic carbocycles. The summed E-state index contributed by atoms with van der Waals surface area (Å²) in [6.07, 6.45) is 6.62. The smallest absolute Gasteiger partial charge is 0.274 e. The number of hydrogen-bond acceptors (Lipinski definition) is 5. The van der Waals surface area contributed by atoms with Gasteiger partial charge in [-0.25, -0.2) is 14.4 Å². The van der Waals surface area contributed by atoms with Crippen molar-refractivity contribution >= 4 is 28.1 Å². The van der Waals surface area contributed by atoms with Crippen molar-refractivity contribution in [2.24, 2.45) is 5.92 Å². The predicted octanol–water partition coefficient (Wildman–Crippen LogP) is 5.24. The Kier molecular flexibility index (Phi) is 5.85. The molecule has 3 heterocycles. The van der Waals surface area contributed by atoms with E-state index in [2.05, 4.69) is 15.0 Å². The van der Waals surface area contributed by atoms with E-state index in [4.69, 9.17) is 4.74 Å². The number of pyridine rings is 1. The monoisotopic (exact) mass is 464 g/mol. The third-order valence-electron chi connectivity index (χ3n) is 5.99. The molecule has 0 aliphatic heterocycles. The van der Waals surface area contributed by atoms with Gasteiger partial charge in [-0.1, -0.05) is 0 Å². The van der Waals surface area contributed by atoms with E-state index in [1.807, 2.05) is 24.1 Å². The fraction of sp³-hybridized carbons (Fsp3) is 0.320. The van der Waals surface area contributed by atoms with Crippen LogP contribution in [0.2, 0.25) is 0 Å². The van der Waals surface area contributed by atoms with E-state index in [1.165, 1.54) is 23.5 Å². The van der Waals surface area contributed by atoms with E-state index in [0.29, 0.717) is 30.5 Å². The van der Waals surface area contributed by atoms with Gasteiger partial charge in [-0.3, -0.25) is 4.79 Å². The van der Waals surface area contributed by atoms with Gasteiger partial charge in [0, 0.05) is 48.0 Å². The molecule has 0 saturated heterocycles. The Labute approximate surface area is 195 Å². The van der Waals surface area contributed by atoms with Crippen molar-refractivity contribution in [2.45, 2.75) is 26.2 Å². The number of hydrogen-bond donors (Lipinski definition) is 1. The van der Waals surface area contributed by atoms with Gasteiger partial charge in [-0.05, 0) is 61.9 Å². The minimum atomic E-state index is -0.263. The number of halogens is 1. The van der Waals surface area contributed by atoms with Gasteiger partial charge in [-0.15, -0.1) is 11.3 Å². The number of methoxy groups -OCH3 is 1. The average molecular weight is 465 g/mol. The normalized spacial score (nSPS) is 13.4. The summed E-state index contributed by atoms with van der Waals surface area (Å²) >= 11 is 1.50. The first-order valence-corrected chi connectivity index (χ1v) is 11.9. The number of nitrogens with zero attached hydrogens (tertiary/aromatic N) is 3. The number of aromatic amines is 1. The van der Waals surface area contributed by atoms with Crippen molar-refractivity contribution in [3.63, 3.8) is 0 Å². The number of aromatic nitrogens is 3. The van der Waals surface area contributed by atoms with Crippen LogP contribution in [0.1, 0.15) is 33.9 Å². The molecule has 1 N–H and O–H groups in total. The highest BCUT2D eigenvalue weighted by molar-refractivity contribution is 7.15. The maximum atomic E-state index is 13.7. The van der Waals surface area contributed by atoms with E-state index in [-0.39, 0.29) is 11.7 Å². The van der Waals surface area contributed by atoms with Crippen LogP contribution in [-0.2, 0) is 6.42 Å². The average Bonchev–Trinajstić information content (AvgIpc) is 3.43. The number of amides is 1. The maximum absolute atomic E-state index is 13.7. The highest BCUT2D eigenvalue weighted by atomic mass is 32.1. The van der Waals surface area contributed by atoms with Crippen molar-refractivity contribution in [3.8, 4) is 16.3 Å². The lowest BCUT2D eigenvalue weighted by molar-refractivity contribution is 0.0745. The van der Waals surface area contributed by atoms with E-state index in [9.17, 15) is 9.18 Å².